The molecule has 1 saturated heterocycles. The Kier molecular flexibility index (Phi) is 5.69. The maximum Gasteiger partial charge on any atom is 0.0314 e. The molecule has 0 aromatic heterocycles. The predicted molar refractivity (Wildman–Crippen MR) is 92.6 cm³/mol. The summed E-state index contributed by atoms with van der Waals surface area (Å²) < 4.78 is 0. The molecular weight excluding hydrogens is 256 g/mol. The molecule has 2 rings (SSSR count). The minimum absolute atomic E-state index is 0.193. The molecule has 0 saturated carbocycles. The van der Waals surface area contributed by atoms with Crippen molar-refractivity contribution in [3.63, 3.8) is 0 Å². The molecule has 1 aromatic rings. The van der Waals surface area contributed by atoms with Crippen LogP contribution in [0.2, 0.25) is 0 Å². The number of hydrogen-bond donors (Lipinski definition) is 1. The molecule has 2 nitrogen and oxygen atoms in total. The monoisotopic (exact) mass is 288 g/mol. The molecule has 0 aliphatic carbocycles. The summed E-state index contributed by atoms with van der Waals surface area (Å²) >= 11 is 0. The molecule has 2 heteroatoms. The van der Waals surface area contributed by atoms with Crippen molar-refractivity contribution in [1.29, 1.82) is 0 Å². The molecule has 1 aliphatic heterocycles. The third-order valence-corrected chi connectivity index (χ3v) is 4.95. The molecule has 118 valence electrons. The third-order valence-electron chi connectivity index (χ3n) is 4.95. The van der Waals surface area contributed by atoms with Crippen LogP contribution in [-0.2, 0) is 5.41 Å². The van der Waals surface area contributed by atoms with Gasteiger partial charge >= 0.3 is 0 Å². The van der Waals surface area contributed by atoms with Crippen molar-refractivity contribution in [1.82, 2.24) is 4.90 Å². The van der Waals surface area contributed by atoms with Crippen molar-refractivity contribution in [3.05, 3.63) is 29.8 Å². The van der Waals surface area contributed by atoms with Crippen LogP contribution in [0.15, 0.2) is 24.3 Å². The number of nitrogen functional groups attached to an aromatic ring is 1. The van der Waals surface area contributed by atoms with Gasteiger partial charge in [-0.1, -0.05) is 45.7 Å². The van der Waals surface area contributed by atoms with Gasteiger partial charge in [-0.25, -0.2) is 0 Å². The maximum atomic E-state index is 5.81. The summed E-state index contributed by atoms with van der Waals surface area (Å²) in [6, 6.07) is 8.42. The summed E-state index contributed by atoms with van der Waals surface area (Å²) in [6.07, 6.45) is 6.91. The molecule has 0 spiro atoms. The van der Waals surface area contributed by atoms with E-state index in [1.54, 1.807) is 0 Å². The first-order chi connectivity index (χ1) is 10.0. The standard InChI is InChI=1S/C19H32N2/c1-4-6-16-7-5-13-21(14-12-16)15-19(2,3)17-8-10-18(20)11-9-17/h8-11,16H,4-7,12-15,20H2,1-3H3. The van der Waals surface area contributed by atoms with Crippen molar-refractivity contribution in [2.45, 2.75) is 58.3 Å². The quantitative estimate of drug-likeness (QED) is 0.811. The second kappa shape index (κ2) is 7.31. The van der Waals surface area contributed by atoms with Gasteiger partial charge in [-0.3, -0.25) is 0 Å². The Bertz CT molecular complexity index is 422. The summed E-state index contributed by atoms with van der Waals surface area (Å²) in [5.74, 6) is 0.958. The number of rotatable bonds is 5. The van der Waals surface area contributed by atoms with Gasteiger partial charge in [-0.15, -0.1) is 0 Å². The van der Waals surface area contributed by atoms with E-state index in [0.29, 0.717) is 0 Å². The lowest BCUT2D eigenvalue weighted by atomic mass is 9.84. The van der Waals surface area contributed by atoms with Gasteiger partial charge in [0.05, 0.1) is 0 Å². The first-order valence-electron chi connectivity index (χ1n) is 8.59. The van der Waals surface area contributed by atoms with E-state index in [1.807, 2.05) is 12.1 Å². The Hall–Kier alpha value is -1.02. The molecule has 1 fully saturated rings. The fourth-order valence-corrected chi connectivity index (χ4v) is 3.66. The highest BCUT2D eigenvalue weighted by atomic mass is 15.1. The van der Waals surface area contributed by atoms with Gasteiger partial charge in [0, 0.05) is 17.6 Å². The minimum atomic E-state index is 0.193. The fourth-order valence-electron chi connectivity index (χ4n) is 3.66. The van der Waals surface area contributed by atoms with Crippen LogP contribution in [0.3, 0.4) is 0 Å². The van der Waals surface area contributed by atoms with Crippen LogP contribution >= 0.6 is 0 Å². The number of likely N-dealkylation sites (tertiary alicyclic amines) is 1. The largest absolute Gasteiger partial charge is 0.399 e. The summed E-state index contributed by atoms with van der Waals surface area (Å²) in [5, 5.41) is 0. The summed E-state index contributed by atoms with van der Waals surface area (Å²) in [6.45, 7) is 10.7. The lowest BCUT2D eigenvalue weighted by Gasteiger charge is -2.32. The van der Waals surface area contributed by atoms with Gasteiger partial charge in [0.25, 0.3) is 0 Å². The highest BCUT2D eigenvalue weighted by Crippen LogP contribution is 2.28. The molecule has 1 atom stereocenters. The second-order valence-electron chi connectivity index (χ2n) is 7.37. The van der Waals surface area contributed by atoms with Gasteiger partial charge < -0.3 is 10.6 Å². The van der Waals surface area contributed by atoms with Crippen LogP contribution in [0.5, 0.6) is 0 Å². The molecule has 1 aliphatic rings. The Labute approximate surface area is 130 Å². The summed E-state index contributed by atoms with van der Waals surface area (Å²) in [4.78, 5) is 2.67. The predicted octanol–water partition coefficient (Wildman–Crippen LogP) is 4.45. The van der Waals surface area contributed by atoms with Crippen molar-refractivity contribution in [2.75, 3.05) is 25.4 Å². The zero-order chi connectivity index (χ0) is 15.3. The summed E-state index contributed by atoms with van der Waals surface area (Å²) in [5.41, 5.74) is 8.25. The molecule has 0 amide bonds. The van der Waals surface area contributed by atoms with Gasteiger partial charge in [0.15, 0.2) is 0 Å². The van der Waals surface area contributed by atoms with Crippen LogP contribution in [0, 0.1) is 5.92 Å². The van der Waals surface area contributed by atoms with Crippen molar-refractivity contribution in [2.24, 2.45) is 5.92 Å². The Balaban J connectivity index is 1.95. The molecule has 0 radical (unpaired) electrons. The van der Waals surface area contributed by atoms with Crippen LogP contribution in [0.1, 0.15) is 58.4 Å². The van der Waals surface area contributed by atoms with E-state index in [9.17, 15) is 0 Å². The third kappa shape index (κ3) is 4.74. The van der Waals surface area contributed by atoms with Crippen molar-refractivity contribution < 1.29 is 0 Å². The Morgan fingerprint density at radius 3 is 2.52 bits per heavy atom. The summed E-state index contributed by atoms with van der Waals surface area (Å²) in [7, 11) is 0. The molecule has 0 bridgehead atoms. The normalized spacial score (nSPS) is 21.2. The van der Waals surface area contributed by atoms with E-state index < -0.39 is 0 Å². The molecule has 1 heterocycles. The van der Waals surface area contributed by atoms with Gasteiger partial charge in [-0.05, 0) is 56.0 Å². The number of anilines is 1. The maximum absolute atomic E-state index is 5.81. The smallest absolute Gasteiger partial charge is 0.0314 e. The van der Waals surface area contributed by atoms with Gasteiger partial charge in [0.2, 0.25) is 0 Å². The van der Waals surface area contributed by atoms with Crippen LogP contribution < -0.4 is 5.73 Å². The molecule has 21 heavy (non-hydrogen) atoms. The lowest BCUT2D eigenvalue weighted by Crippen LogP contribution is -2.37. The van der Waals surface area contributed by atoms with E-state index >= 15 is 0 Å². The molecule has 1 unspecified atom stereocenters. The zero-order valence-electron chi connectivity index (χ0n) is 14.1. The van der Waals surface area contributed by atoms with Crippen LogP contribution in [0.25, 0.3) is 0 Å². The molecule has 1 aromatic carbocycles. The van der Waals surface area contributed by atoms with Crippen molar-refractivity contribution >= 4 is 5.69 Å². The Morgan fingerprint density at radius 2 is 1.86 bits per heavy atom. The second-order valence-corrected chi connectivity index (χ2v) is 7.37. The SMILES string of the molecule is CCCC1CCCN(CC(C)(C)c2ccc(N)cc2)CC1. The average Bonchev–Trinajstić information content (AvgIpc) is 2.65. The fraction of sp³-hybridized carbons (Fsp3) is 0.684. The van der Waals surface area contributed by atoms with E-state index in [1.165, 1.54) is 50.8 Å². The number of benzene rings is 1. The zero-order valence-corrected chi connectivity index (χ0v) is 14.1. The van der Waals surface area contributed by atoms with Crippen molar-refractivity contribution in [3.8, 4) is 0 Å². The topological polar surface area (TPSA) is 29.3 Å². The number of nitrogens with two attached hydrogens (primary N) is 1. The number of nitrogens with zero attached hydrogens (tertiary/aromatic N) is 1. The highest BCUT2D eigenvalue weighted by Gasteiger charge is 2.25. The van der Waals surface area contributed by atoms with E-state index in [-0.39, 0.29) is 5.41 Å². The first kappa shape index (κ1) is 16.4. The molecule has 2 N–H and O–H groups in total. The average molecular weight is 288 g/mol. The van der Waals surface area contributed by atoms with Gasteiger partial charge in [-0.2, -0.15) is 0 Å². The van der Waals surface area contributed by atoms with Crippen LogP contribution in [0.4, 0.5) is 5.69 Å². The van der Waals surface area contributed by atoms with Gasteiger partial charge in [0.1, 0.15) is 0 Å². The van der Waals surface area contributed by atoms with E-state index in [2.05, 4.69) is 37.8 Å². The molecular formula is C19H32N2. The lowest BCUT2D eigenvalue weighted by molar-refractivity contribution is 0.228. The first-order valence-corrected chi connectivity index (χ1v) is 8.59. The Morgan fingerprint density at radius 1 is 1.14 bits per heavy atom. The number of hydrogen-bond acceptors (Lipinski definition) is 2. The van der Waals surface area contributed by atoms with E-state index in [0.717, 1.165) is 18.2 Å². The van der Waals surface area contributed by atoms with Crippen LogP contribution in [-0.4, -0.2) is 24.5 Å². The van der Waals surface area contributed by atoms with E-state index in [4.69, 9.17) is 5.73 Å². The highest BCUT2D eigenvalue weighted by molar-refractivity contribution is 5.41. The minimum Gasteiger partial charge on any atom is -0.399 e.